The van der Waals surface area contributed by atoms with Gasteiger partial charge in [-0.25, -0.2) is 19.7 Å². The summed E-state index contributed by atoms with van der Waals surface area (Å²) in [5, 5.41) is 9.78. The molecular formula is C13H13Cl2N5O2. The van der Waals surface area contributed by atoms with Crippen molar-refractivity contribution in [3.63, 3.8) is 0 Å². The van der Waals surface area contributed by atoms with Crippen LogP contribution in [-0.4, -0.2) is 57.2 Å². The van der Waals surface area contributed by atoms with Crippen LogP contribution in [0.4, 0.5) is 10.6 Å². The molecule has 3 heterocycles. The summed E-state index contributed by atoms with van der Waals surface area (Å²) in [7, 11) is 1.56. The van der Waals surface area contributed by atoms with Crippen LogP contribution in [0.25, 0.3) is 11.2 Å². The van der Waals surface area contributed by atoms with E-state index in [1.807, 2.05) is 4.90 Å². The minimum absolute atomic E-state index is 0.0933. The lowest BCUT2D eigenvalue weighted by atomic mass is 10.2. The lowest BCUT2D eigenvalue weighted by Crippen LogP contribution is -2.38. The van der Waals surface area contributed by atoms with Crippen molar-refractivity contribution < 1.29 is 9.90 Å². The van der Waals surface area contributed by atoms with Gasteiger partial charge in [-0.15, -0.1) is 0 Å². The summed E-state index contributed by atoms with van der Waals surface area (Å²) in [5.74, 6) is 0.519. The highest BCUT2D eigenvalue weighted by Gasteiger charge is 2.30. The van der Waals surface area contributed by atoms with Gasteiger partial charge in [0, 0.05) is 26.3 Å². The molecule has 0 aromatic carbocycles. The molecule has 9 heteroatoms. The molecule has 1 atom stereocenters. The molecule has 0 saturated carbocycles. The third-order valence-electron chi connectivity index (χ3n) is 3.74. The van der Waals surface area contributed by atoms with Gasteiger partial charge < -0.3 is 14.9 Å². The van der Waals surface area contributed by atoms with Crippen LogP contribution < -0.4 is 4.90 Å². The van der Waals surface area contributed by atoms with Crippen molar-refractivity contribution in [1.29, 1.82) is 0 Å². The highest BCUT2D eigenvalue weighted by Crippen LogP contribution is 2.28. The fourth-order valence-corrected chi connectivity index (χ4v) is 2.90. The summed E-state index contributed by atoms with van der Waals surface area (Å²) in [6.07, 6.45) is 1.27. The van der Waals surface area contributed by atoms with Crippen molar-refractivity contribution in [2.45, 2.75) is 12.5 Å². The predicted octanol–water partition coefficient (Wildman–Crippen LogP) is 2.52. The van der Waals surface area contributed by atoms with Crippen molar-refractivity contribution in [3.05, 3.63) is 22.4 Å². The molecule has 1 fully saturated rings. The quantitative estimate of drug-likeness (QED) is 0.903. The molecule has 0 radical (unpaired) electrons. The van der Waals surface area contributed by atoms with Gasteiger partial charge in [0.2, 0.25) is 0 Å². The van der Waals surface area contributed by atoms with Gasteiger partial charge in [-0.05, 0) is 12.5 Å². The number of hydrogen-bond acceptors (Lipinski definition) is 5. The van der Waals surface area contributed by atoms with Crippen LogP contribution in [0.15, 0.2) is 12.3 Å². The van der Waals surface area contributed by atoms with Crippen LogP contribution in [0.3, 0.4) is 0 Å². The Kier molecular flexibility index (Phi) is 3.92. The second kappa shape index (κ2) is 5.73. The number of carboxylic acid groups (broad SMARTS) is 1. The van der Waals surface area contributed by atoms with Crippen molar-refractivity contribution in [2.24, 2.45) is 0 Å². The topological polar surface area (TPSA) is 82.5 Å². The number of nitrogens with zero attached hydrogens (tertiary/aromatic N) is 5. The lowest BCUT2D eigenvalue weighted by molar-refractivity contribution is 0.142. The van der Waals surface area contributed by atoms with E-state index in [2.05, 4.69) is 15.0 Å². The molecule has 3 rings (SSSR count). The van der Waals surface area contributed by atoms with E-state index in [1.165, 1.54) is 11.1 Å². The van der Waals surface area contributed by atoms with Crippen LogP contribution in [0.1, 0.15) is 6.42 Å². The predicted molar refractivity (Wildman–Crippen MR) is 83.8 cm³/mol. The normalized spacial score (nSPS) is 18.0. The number of carbonyl (C=O) groups is 1. The zero-order valence-corrected chi connectivity index (χ0v) is 13.2. The van der Waals surface area contributed by atoms with Crippen molar-refractivity contribution in [1.82, 2.24) is 19.9 Å². The standard InChI is InChI=1S/C13H13Cl2N5O2/c1-19(13(21)22)8-2-3-20(6-8)12-10(15)17-9-4-7(14)5-16-11(9)18-12/h4-5,8H,2-3,6H2,1H3,(H,21,22). The Balaban J connectivity index is 1.89. The number of rotatable bonds is 2. The molecule has 1 saturated heterocycles. The summed E-state index contributed by atoms with van der Waals surface area (Å²) in [5.41, 5.74) is 0.985. The fourth-order valence-electron chi connectivity index (χ4n) is 2.50. The van der Waals surface area contributed by atoms with Crippen LogP contribution >= 0.6 is 23.2 Å². The van der Waals surface area contributed by atoms with E-state index in [4.69, 9.17) is 28.3 Å². The van der Waals surface area contributed by atoms with Crippen LogP contribution in [0, 0.1) is 0 Å². The lowest BCUT2D eigenvalue weighted by Gasteiger charge is -2.22. The fraction of sp³-hybridized carbons (Fsp3) is 0.385. The largest absolute Gasteiger partial charge is 0.465 e. The van der Waals surface area contributed by atoms with Gasteiger partial charge in [0.25, 0.3) is 0 Å². The van der Waals surface area contributed by atoms with Gasteiger partial charge in [0.15, 0.2) is 16.6 Å². The molecule has 116 valence electrons. The molecule has 0 spiro atoms. The molecule has 7 nitrogen and oxygen atoms in total. The Labute approximate surface area is 136 Å². The first kappa shape index (κ1) is 15.1. The van der Waals surface area contributed by atoms with Crippen molar-refractivity contribution in [2.75, 3.05) is 25.0 Å². The molecule has 1 aliphatic rings. The Bertz CT molecular complexity index is 742. The average Bonchev–Trinajstić information content (AvgIpc) is 2.95. The minimum Gasteiger partial charge on any atom is -0.465 e. The van der Waals surface area contributed by atoms with E-state index in [-0.39, 0.29) is 11.2 Å². The van der Waals surface area contributed by atoms with Gasteiger partial charge in [-0.1, -0.05) is 23.2 Å². The smallest absolute Gasteiger partial charge is 0.407 e. The summed E-state index contributed by atoms with van der Waals surface area (Å²) >= 11 is 12.1. The molecule has 2 aromatic rings. The summed E-state index contributed by atoms with van der Waals surface area (Å²) in [4.78, 5) is 27.1. The molecule has 1 amide bonds. The Morgan fingerprint density at radius 1 is 1.45 bits per heavy atom. The van der Waals surface area contributed by atoms with Gasteiger partial charge in [-0.3, -0.25) is 0 Å². The van der Waals surface area contributed by atoms with E-state index >= 15 is 0 Å². The number of anilines is 1. The average molecular weight is 342 g/mol. The van der Waals surface area contributed by atoms with E-state index in [0.717, 1.165) is 0 Å². The second-order valence-electron chi connectivity index (χ2n) is 5.12. The van der Waals surface area contributed by atoms with Crippen LogP contribution in [0.5, 0.6) is 0 Å². The van der Waals surface area contributed by atoms with Gasteiger partial charge in [0.1, 0.15) is 5.52 Å². The maximum absolute atomic E-state index is 11.0. The van der Waals surface area contributed by atoms with Crippen LogP contribution in [0.2, 0.25) is 10.2 Å². The summed E-state index contributed by atoms with van der Waals surface area (Å²) in [6.45, 7) is 1.19. The molecule has 0 aliphatic carbocycles. The highest BCUT2D eigenvalue weighted by molar-refractivity contribution is 6.32. The van der Waals surface area contributed by atoms with Crippen molar-refractivity contribution >= 4 is 46.3 Å². The van der Waals surface area contributed by atoms with E-state index in [9.17, 15) is 4.79 Å². The number of hydrogen-bond donors (Lipinski definition) is 1. The Hall–Kier alpha value is -1.86. The van der Waals surface area contributed by atoms with Crippen LogP contribution in [-0.2, 0) is 0 Å². The molecule has 2 aromatic heterocycles. The molecule has 22 heavy (non-hydrogen) atoms. The highest BCUT2D eigenvalue weighted by atomic mass is 35.5. The Morgan fingerprint density at radius 2 is 2.23 bits per heavy atom. The maximum Gasteiger partial charge on any atom is 0.407 e. The van der Waals surface area contributed by atoms with Gasteiger partial charge in [-0.2, -0.15) is 0 Å². The van der Waals surface area contributed by atoms with E-state index < -0.39 is 6.09 Å². The van der Waals surface area contributed by atoms with Crippen molar-refractivity contribution in [3.8, 4) is 0 Å². The zero-order valence-electron chi connectivity index (χ0n) is 11.7. The Morgan fingerprint density at radius 3 is 2.95 bits per heavy atom. The first-order chi connectivity index (χ1) is 10.5. The molecule has 1 unspecified atom stereocenters. The molecule has 1 N–H and O–H groups in total. The van der Waals surface area contributed by atoms with Gasteiger partial charge >= 0.3 is 6.09 Å². The number of pyridine rings is 1. The third kappa shape index (κ3) is 2.74. The second-order valence-corrected chi connectivity index (χ2v) is 5.91. The SMILES string of the molecule is CN(C(=O)O)C1CCN(c2nc3ncc(Cl)cc3nc2Cl)C1. The summed E-state index contributed by atoms with van der Waals surface area (Å²) in [6, 6.07) is 1.56. The number of likely N-dealkylation sites (N-methyl/N-ethyl adjacent to an activating group) is 1. The summed E-state index contributed by atoms with van der Waals surface area (Å²) < 4.78 is 0. The van der Waals surface area contributed by atoms with Gasteiger partial charge in [0.05, 0.1) is 11.1 Å². The minimum atomic E-state index is -0.946. The zero-order chi connectivity index (χ0) is 15.9. The first-order valence-corrected chi connectivity index (χ1v) is 7.41. The van der Waals surface area contributed by atoms with E-state index in [1.54, 1.807) is 13.1 Å². The number of aromatic nitrogens is 3. The molecular weight excluding hydrogens is 329 g/mol. The third-order valence-corrected chi connectivity index (χ3v) is 4.20. The number of halogens is 2. The molecule has 1 aliphatic heterocycles. The van der Waals surface area contributed by atoms with E-state index in [0.29, 0.717) is 41.5 Å². The number of amides is 1. The maximum atomic E-state index is 11.0. The first-order valence-electron chi connectivity index (χ1n) is 6.65. The number of fused-ring (bicyclic) bond motifs is 1. The monoisotopic (exact) mass is 341 g/mol. The molecule has 0 bridgehead atoms.